The molecule has 164 valence electrons. The highest BCUT2D eigenvalue weighted by Crippen LogP contribution is 2.36. The van der Waals surface area contributed by atoms with Gasteiger partial charge in [0.1, 0.15) is 5.82 Å². The molecular formula is C25H16F6O. The Labute approximate surface area is 179 Å². The number of halogens is 6. The van der Waals surface area contributed by atoms with Crippen LogP contribution in [0.3, 0.4) is 0 Å². The van der Waals surface area contributed by atoms with E-state index in [1.807, 2.05) is 24.3 Å². The highest BCUT2D eigenvalue weighted by atomic mass is 19.4. The molecule has 0 atom stereocenters. The molecule has 0 amide bonds. The Morgan fingerprint density at radius 3 is 1.94 bits per heavy atom. The minimum atomic E-state index is -5.26. The second-order valence-electron chi connectivity index (χ2n) is 7.23. The number of alkyl halides is 3. The van der Waals surface area contributed by atoms with Gasteiger partial charge in [-0.1, -0.05) is 55.5 Å². The summed E-state index contributed by atoms with van der Waals surface area (Å²) < 4.78 is 83.7. The topological polar surface area (TPSA) is 9.23 Å². The third kappa shape index (κ3) is 4.28. The molecule has 0 unspecified atom stereocenters. The van der Waals surface area contributed by atoms with E-state index in [1.165, 1.54) is 11.6 Å². The molecule has 0 aromatic heterocycles. The maximum absolute atomic E-state index is 15.2. The Kier molecular flexibility index (Phi) is 5.59. The lowest BCUT2D eigenvalue weighted by Crippen LogP contribution is -2.19. The average molecular weight is 446 g/mol. The maximum atomic E-state index is 15.2. The molecule has 0 radical (unpaired) electrons. The first-order valence-electron chi connectivity index (χ1n) is 9.73. The predicted octanol–water partition coefficient (Wildman–Crippen LogP) is 8.05. The van der Waals surface area contributed by atoms with Gasteiger partial charge in [-0.15, -0.1) is 13.2 Å². The summed E-state index contributed by atoms with van der Waals surface area (Å²) in [6.07, 6.45) is -4.34. The first kappa shape index (κ1) is 21.7. The number of rotatable bonds is 4. The van der Waals surface area contributed by atoms with Crippen molar-refractivity contribution in [1.29, 1.82) is 0 Å². The molecule has 1 nitrogen and oxygen atoms in total. The third-order valence-electron chi connectivity index (χ3n) is 5.18. The Bertz CT molecular complexity index is 1270. The zero-order valence-electron chi connectivity index (χ0n) is 16.7. The third-order valence-corrected chi connectivity index (χ3v) is 5.18. The number of aryl methyl sites for hydroxylation is 1. The number of benzene rings is 4. The van der Waals surface area contributed by atoms with Crippen molar-refractivity contribution in [2.75, 3.05) is 0 Å². The van der Waals surface area contributed by atoms with Gasteiger partial charge in [-0.3, -0.25) is 0 Å². The maximum Gasteiger partial charge on any atom is 0.573 e. The van der Waals surface area contributed by atoms with Crippen LogP contribution in [-0.2, 0) is 6.42 Å². The summed E-state index contributed by atoms with van der Waals surface area (Å²) in [5, 5.41) is 0.786. The van der Waals surface area contributed by atoms with E-state index in [4.69, 9.17) is 0 Å². The summed E-state index contributed by atoms with van der Waals surface area (Å²) in [5.41, 5.74) is 2.63. The van der Waals surface area contributed by atoms with E-state index in [-0.39, 0.29) is 16.5 Å². The van der Waals surface area contributed by atoms with E-state index in [0.717, 1.165) is 17.5 Å². The molecule has 4 aromatic rings. The van der Waals surface area contributed by atoms with Crippen molar-refractivity contribution in [3.8, 4) is 28.0 Å². The lowest BCUT2D eigenvalue weighted by molar-refractivity contribution is -0.276. The van der Waals surface area contributed by atoms with Gasteiger partial charge in [0.05, 0.1) is 0 Å². The highest BCUT2D eigenvalue weighted by molar-refractivity contribution is 5.91. The minimum absolute atomic E-state index is 0.145. The van der Waals surface area contributed by atoms with E-state index >= 15 is 4.39 Å². The zero-order valence-corrected chi connectivity index (χ0v) is 16.7. The molecule has 0 fully saturated rings. The summed E-state index contributed by atoms with van der Waals surface area (Å²) in [7, 11) is 0. The molecule has 0 bridgehead atoms. The van der Waals surface area contributed by atoms with Gasteiger partial charge < -0.3 is 4.74 Å². The quantitative estimate of drug-likeness (QED) is 0.288. The van der Waals surface area contributed by atoms with Crippen molar-refractivity contribution in [2.24, 2.45) is 0 Å². The minimum Gasteiger partial charge on any atom is -0.399 e. The smallest absolute Gasteiger partial charge is 0.399 e. The van der Waals surface area contributed by atoms with Gasteiger partial charge in [-0.05, 0) is 52.3 Å². The summed E-state index contributed by atoms with van der Waals surface area (Å²) in [6.45, 7) is 2.06. The van der Waals surface area contributed by atoms with Crippen LogP contribution in [0.5, 0.6) is 5.75 Å². The highest BCUT2D eigenvalue weighted by Gasteiger charge is 2.34. The molecule has 0 saturated carbocycles. The lowest BCUT2D eigenvalue weighted by Gasteiger charge is -2.13. The molecule has 0 N–H and O–H groups in total. The average Bonchev–Trinajstić information content (AvgIpc) is 2.75. The number of hydrogen-bond donors (Lipinski definition) is 0. The molecule has 0 aliphatic heterocycles. The van der Waals surface area contributed by atoms with Gasteiger partial charge in [0.2, 0.25) is 5.75 Å². The molecule has 0 aliphatic carbocycles. The molecule has 0 aliphatic rings. The van der Waals surface area contributed by atoms with E-state index in [1.54, 1.807) is 24.3 Å². The SMILES string of the molecule is CCc1ccc(-c2ccc3c(F)c(-c4cc(F)c(OC(F)(F)F)c(F)c4)ccc3c2)cc1. The van der Waals surface area contributed by atoms with Crippen molar-refractivity contribution in [3.63, 3.8) is 0 Å². The molecule has 7 heteroatoms. The summed E-state index contributed by atoms with van der Waals surface area (Å²) in [6, 6.07) is 17.2. The van der Waals surface area contributed by atoms with Gasteiger partial charge in [-0.25, -0.2) is 13.2 Å². The molecule has 0 heterocycles. The number of hydrogen-bond acceptors (Lipinski definition) is 1. The van der Waals surface area contributed by atoms with E-state index in [9.17, 15) is 22.0 Å². The van der Waals surface area contributed by atoms with Crippen molar-refractivity contribution < 1.29 is 31.1 Å². The Balaban J connectivity index is 1.74. The normalized spacial score (nSPS) is 11.7. The van der Waals surface area contributed by atoms with Crippen LogP contribution in [0.25, 0.3) is 33.0 Å². The molecule has 4 rings (SSSR count). The van der Waals surface area contributed by atoms with Crippen LogP contribution in [0.2, 0.25) is 0 Å². The Morgan fingerprint density at radius 2 is 1.34 bits per heavy atom. The fraction of sp³-hybridized carbons (Fsp3) is 0.120. The van der Waals surface area contributed by atoms with Crippen LogP contribution < -0.4 is 4.74 Å². The summed E-state index contributed by atoms with van der Waals surface area (Å²) in [4.78, 5) is 0. The fourth-order valence-corrected chi connectivity index (χ4v) is 3.56. The van der Waals surface area contributed by atoms with Crippen LogP contribution in [0, 0.1) is 17.5 Å². The van der Waals surface area contributed by atoms with Gasteiger partial charge in [0, 0.05) is 10.9 Å². The van der Waals surface area contributed by atoms with Crippen LogP contribution >= 0.6 is 0 Å². The molecule has 4 aromatic carbocycles. The Morgan fingerprint density at radius 1 is 0.719 bits per heavy atom. The second kappa shape index (κ2) is 8.22. The van der Waals surface area contributed by atoms with Gasteiger partial charge >= 0.3 is 6.36 Å². The lowest BCUT2D eigenvalue weighted by atomic mass is 9.96. The monoisotopic (exact) mass is 446 g/mol. The van der Waals surface area contributed by atoms with Crippen LogP contribution in [-0.4, -0.2) is 6.36 Å². The fourth-order valence-electron chi connectivity index (χ4n) is 3.56. The van der Waals surface area contributed by atoms with Crippen LogP contribution in [0.1, 0.15) is 12.5 Å². The van der Waals surface area contributed by atoms with Crippen molar-refractivity contribution in [1.82, 2.24) is 0 Å². The predicted molar refractivity (Wildman–Crippen MR) is 111 cm³/mol. The van der Waals surface area contributed by atoms with Crippen molar-refractivity contribution in [2.45, 2.75) is 19.7 Å². The van der Waals surface area contributed by atoms with Gasteiger partial charge in [0.15, 0.2) is 11.6 Å². The van der Waals surface area contributed by atoms with Crippen molar-refractivity contribution >= 4 is 10.8 Å². The summed E-state index contributed by atoms with van der Waals surface area (Å²) in [5.74, 6) is -5.48. The Hall–Kier alpha value is -3.48. The first-order chi connectivity index (χ1) is 15.2. The first-order valence-corrected chi connectivity index (χ1v) is 9.73. The van der Waals surface area contributed by atoms with Gasteiger partial charge in [-0.2, -0.15) is 0 Å². The summed E-state index contributed by atoms with van der Waals surface area (Å²) >= 11 is 0. The largest absolute Gasteiger partial charge is 0.573 e. The standard InChI is InChI=1S/C25H16F6O/c1-2-14-3-5-15(6-4-14)16-7-9-19-17(11-16)8-10-20(23(19)28)18-12-21(26)24(22(27)13-18)32-25(29,30)31/h3-13H,2H2,1H3. The zero-order chi connectivity index (χ0) is 23.0. The van der Waals surface area contributed by atoms with Crippen molar-refractivity contribution in [3.05, 3.63) is 89.7 Å². The van der Waals surface area contributed by atoms with Crippen LogP contribution in [0.15, 0.2) is 66.7 Å². The van der Waals surface area contributed by atoms with E-state index in [2.05, 4.69) is 11.7 Å². The van der Waals surface area contributed by atoms with E-state index in [0.29, 0.717) is 17.5 Å². The molecular weight excluding hydrogens is 430 g/mol. The van der Waals surface area contributed by atoms with Gasteiger partial charge in [0.25, 0.3) is 0 Å². The number of ether oxygens (including phenoxy) is 1. The van der Waals surface area contributed by atoms with E-state index < -0.39 is 29.6 Å². The number of fused-ring (bicyclic) bond motifs is 1. The molecule has 0 saturated heterocycles. The van der Waals surface area contributed by atoms with Crippen LogP contribution in [0.4, 0.5) is 26.3 Å². The molecule has 32 heavy (non-hydrogen) atoms. The second-order valence-corrected chi connectivity index (χ2v) is 7.23. The molecule has 0 spiro atoms.